The van der Waals surface area contributed by atoms with Crippen molar-refractivity contribution < 1.29 is 59.5 Å². The lowest BCUT2D eigenvalue weighted by molar-refractivity contribution is -0.138. The molecule has 0 radical (unpaired) electrons. The van der Waals surface area contributed by atoms with Gasteiger partial charge in [0.1, 0.15) is 46.0 Å². The second kappa shape index (κ2) is 37.6. The Hall–Kier alpha value is -9.81. The number of fused-ring (bicyclic) bond motifs is 6. The molecule has 13 aromatic rings. The van der Waals surface area contributed by atoms with Crippen molar-refractivity contribution in [3.8, 4) is 46.0 Å². The van der Waals surface area contributed by atoms with E-state index in [2.05, 4.69) is 205 Å². The first-order chi connectivity index (χ1) is 58.4. The molecule has 0 aliphatic carbocycles. The van der Waals surface area contributed by atoms with Crippen molar-refractivity contribution in [3.63, 3.8) is 0 Å². The molecule has 0 amide bonds. The maximum atomic E-state index is 14.1. The van der Waals surface area contributed by atoms with Gasteiger partial charge in [-0.3, -0.25) is 0 Å². The van der Waals surface area contributed by atoms with E-state index in [1.807, 2.05) is 60.7 Å². The summed E-state index contributed by atoms with van der Waals surface area (Å²) < 4.78 is 129. The predicted octanol–water partition coefficient (Wildman–Crippen LogP) is 22.3. The van der Waals surface area contributed by atoms with Crippen molar-refractivity contribution in [2.24, 2.45) is 0 Å². The van der Waals surface area contributed by atoms with Crippen LogP contribution in [0.3, 0.4) is 0 Å². The molecule has 1 atom stereocenters. The smallest absolute Gasteiger partial charge is 0.416 e. The fourth-order valence-corrected chi connectivity index (χ4v) is 31.1. The van der Waals surface area contributed by atoms with Gasteiger partial charge in [-0.05, 0) is 202 Å². The number of ether oxygens (including phenoxy) is 7. The van der Waals surface area contributed by atoms with Gasteiger partial charge in [-0.15, -0.1) is 0 Å². The minimum Gasteiger partial charge on any atom is -0.492 e. The van der Waals surface area contributed by atoms with Gasteiger partial charge in [0.05, 0.1) is 50.8 Å². The summed E-state index contributed by atoms with van der Waals surface area (Å²) in [5.41, 5.74) is 12.7. The van der Waals surface area contributed by atoms with Gasteiger partial charge < -0.3 is 33.2 Å². The van der Waals surface area contributed by atoms with Gasteiger partial charge in [0.15, 0.2) is 0 Å². The fraction of sp³-hybridized carbons (Fsp3) is 0.257. The van der Waals surface area contributed by atoms with Crippen LogP contribution in [-0.4, -0.2) is 44.8 Å². The van der Waals surface area contributed by atoms with Crippen LogP contribution in [0.5, 0.6) is 46.0 Å². The van der Waals surface area contributed by atoms with Gasteiger partial charge in [-0.2, -0.15) is 26.3 Å². The number of hydrogen-bond donors (Lipinski definition) is 0. The molecule has 13 aromatic carbocycles. The quantitative estimate of drug-likeness (QED) is 0.0626. The van der Waals surface area contributed by atoms with E-state index in [0.29, 0.717) is 34.9 Å². The highest BCUT2D eigenvalue weighted by Gasteiger charge is 2.39. The topological polar surface area (TPSA) is 64.6 Å². The predicted molar refractivity (Wildman–Crippen MR) is 504 cm³/mol. The molecule has 18 heteroatoms. The normalized spacial score (nSPS) is 14.1. The van der Waals surface area contributed by atoms with Gasteiger partial charge in [-0.1, -0.05) is 279 Å². The molecule has 7 nitrogen and oxygen atoms in total. The Morgan fingerprint density at radius 2 is 0.577 bits per heavy atom. The summed E-state index contributed by atoms with van der Waals surface area (Å²) in [6.07, 6.45) is -2.48. The van der Waals surface area contributed by atoms with Crippen molar-refractivity contribution in [3.05, 3.63) is 344 Å². The Labute approximate surface area is 726 Å². The summed E-state index contributed by atoms with van der Waals surface area (Å²) in [4.78, 5) is 0. The van der Waals surface area contributed by atoms with Gasteiger partial charge in [0.25, 0.3) is 0 Å². The zero-order valence-electron chi connectivity index (χ0n) is 69.1. The van der Waals surface area contributed by atoms with E-state index in [1.54, 1.807) is 26.0 Å². The van der Waals surface area contributed by atoms with Crippen molar-refractivity contribution in [2.45, 2.75) is 139 Å². The van der Waals surface area contributed by atoms with Crippen LogP contribution in [0.25, 0.3) is 0 Å². The first-order valence-corrected chi connectivity index (χ1v) is 48.4. The molecule has 0 aromatic heterocycles. The van der Waals surface area contributed by atoms with Gasteiger partial charge >= 0.3 is 12.4 Å². The molecule has 0 bridgehead atoms. The Morgan fingerprint density at radius 3 is 0.919 bits per heavy atom. The maximum Gasteiger partial charge on any atom is 0.416 e. The molecule has 6 aliphatic heterocycles. The SMILES string of the molecule is C.C.Cc1cc(C)cc(P(Cc2ccccc2P(c2cccc3c2OCC3)c2cccc3c2OCC3)C(C)(C)C)c1.Cc1cc(P(Cc2ccccc2P(c2cccc3c2OCC3)c2cccc3c2OCC3)c2cc(C)cc(C(F)(F)F)c2)cc(C(F)(F)F)c1.Cc1ccccc1Oc1ccccc1P(c1cccc2c1OCC2)c1cccc2c1OCC2. The van der Waals surface area contributed by atoms with Crippen LogP contribution in [0.15, 0.2) is 261 Å². The second-order valence-corrected chi connectivity index (χ2v) is 44.2. The monoisotopic (exact) mass is 1740 g/mol. The largest absolute Gasteiger partial charge is 0.492 e. The molecule has 19 rings (SSSR count). The molecule has 0 saturated carbocycles. The molecule has 0 spiro atoms. The first kappa shape index (κ1) is 88.1. The molecule has 6 heterocycles. The molecule has 6 aliphatic rings. The third-order valence-electron chi connectivity index (χ3n) is 22.9. The van der Waals surface area contributed by atoms with Crippen LogP contribution >= 0.6 is 39.6 Å². The molecule has 1 unspecified atom stereocenters. The Balaban J connectivity index is 0.000000145. The van der Waals surface area contributed by atoms with E-state index >= 15 is 0 Å². The second-order valence-electron chi connectivity index (χ2n) is 32.6. The first-order valence-electron chi connectivity index (χ1n) is 41.3. The van der Waals surface area contributed by atoms with Gasteiger partial charge in [0.2, 0.25) is 0 Å². The van der Waals surface area contributed by atoms with Crippen LogP contribution in [0, 0.1) is 34.6 Å². The summed E-state index contributed by atoms with van der Waals surface area (Å²) in [5.74, 6) is 7.69. The molecular formula is C105H103F6O7P5. The average molecular weight is 1750 g/mol. The summed E-state index contributed by atoms with van der Waals surface area (Å²) in [6.45, 7) is 21.1. The Morgan fingerprint density at radius 1 is 0.293 bits per heavy atom. The summed E-state index contributed by atoms with van der Waals surface area (Å²) in [7, 11) is -5.29. The van der Waals surface area contributed by atoms with Crippen LogP contribution in [0.1, 0.15) is 119 Å². The lowest BCUT2D eigenvalue weighted by Crippen LogP contribution is -2.27. The highest BCUT2D eigenvalue weighted by molar-refractivity contribution is 7.81. The number of aryl methyl sites for hydroxylation is 5. The van der Waals surface area contributed by atoms with E-state index in [0.717, 1.165) is 180 Å². The average Bonchev–Trinajstić information content (AvgIpc) is 1.73. The van der Waals surface area contributed by atoms with E-state index in [-0.39, 0.29) is 26.2 Å². The molecule has 0 fully saturated rings. The lowest BCUT2D eigenvalue weighted by Gasteiger charge is -2.34. The summed E-state index contributed by atoms with van der Waals surface area (Å²) in [5, 5.41) is 13.1. The summed E-state index contributed by atoms with van der Waals surface area (Å²) >= 11 is 0. The highest BCUT2D eigenvalue weighted by Crippen LogP contribution is 2.55. The number of benzene rings is 13. The van der Waals surface area contributed by atoms with E-state index in [9.17, 15) is 26.3 Å². The number of para-hydroxylation sites is 8. The number of alkyl halides is 6. The van der Waals surface area contributed by atoms with Crippen LogP contribution < -0.4 is 96.8 Å². The Kier molecular flexibility index (Phi) is 26.9. The minimum absolute atomic E-state index is 0. The third-order valence-corrected chi connectivity index (χ3v) is 36.1. The molecule has 632 valence electrons. The van der Waals surface area contributed by atoms with Crippen LogP contribution in [0.2, 0.25) is 0 Å². The number of halogens is 6. The van der Waals surface area contributed by atoms with Crippen molar-refractivity contribution >= 4 is 103 Å². The lowest BCUT2D eigenvalue weighted by atomic mass is 10.1. The van der Waals surface area contributed by atoms with Gasteiger partial charge in [-0.25, -0.2) is 0 Å². The van der Waals surface area contributed by atoms with Crippen molar-refractivity contribution in [2.75, 3.05) is 39.6 Å². The zero-order valence-corrected chi connectivity index (χ0v) is 73.6. The standard InChI is InChI=1S/C39H32F6O2P2.C35H38O2P2.C29H25O3P.2CH4/c1-24-17-29(38(40,41)42)21-31(19-24)48(32-20-25(2)18-30(22-32)39(43,44)45)23-28-7-3-4-10-33(28)49(34-11-5-8-26-13-15-46-36(26)34)35-12-6-9-27-14-16-47-37(27)35;1-24-20-25(2)22-29(21-24)38(35(3,4)5)23-28-10-6-7-13-30(28)39(31-14-8-11-26-16-18-36-33(26)31)32-15-9-12-27-17-19-37-34(27)32;1-20-8-2-3-11-23(20)32-24-12-4-5-13-25(24)33(26-14-6-9-21-16-18-30-28(21)26)27-15-7-10-22-17-19-31-29(22)27;;/h3-12,17-22H,13-16,23H2,1-2H3;6-15,20-22H,16-19,23H2,1-5H3;2-15H,16-19H2,1H3;2*1H4. The Bertz CT molecular complexity index is 5780. The number of rotatable bonds is 18. The van der Waals surface area contributed by atoms with Crippen molar-refractivity contribution in [1.82, 2.24) is 0 Å². The molecule has 0 N–H and O–H groups in total. The third kappa shape index (κ3) is 18.9. The zero-order chi connectivity index (χ0) is 83.8. The maximum absolute atomic E-state index is 14.1. The molecule has 123 heavy (non-hydrogen) atoms. The van der Waals surface area contributed by atoms with Gasteiger partial charge in [0, 0.05) is 81.8 Å². The van der Waals surface area contributed by atoms with Crippen molar-refractivity contribution in [1.29, 1.82) is 0 Å². The van der Waals surface area contributed by atoms with Crippen LogP contribution in [-0.2, 0) is 63.2 Å². The molecule has 0 saturated heterocycles. The van der Waals surface area contributed by atoms with E-state index < -0.39 is 63.1 Å². The fourth-order valence-electron chi connectivity index (χ4n) is 17.3. The molecular weight excluding hydrogens is 1640 g/mol. The minimum atomic E-state index is -4.61. The highest BCUT2D eigenvalue weighted by atomic mass is 31.1. The van der Waals surface area contributed by atoms with Crippen LogP contribution in [0.4, 0.5) is 26.3 Å². The van der Waals surface area contributed by atoms with E-state index in [1.165, 1.54) is 76.1 Å². The summed E-state index contributed by atoms with van der Waals surface area (Å²) in [6, 6.07) is 87.4. The van der Waals surface area contributed by atoms with E-state index in [4.69, 9.17) is 33.2 Å². The number of hydrogen-bond acceptors (Lipinski definition) is 7.